The first-order valence-corrected chi connectivity index (χ1v) is 10.5. The summed E-state index contributed by atoms with van der Waals surface area (Å²) in [5.74, 6) is 1.92. The molecule has 0 spiro atoms. The number of alkyl halides is 3. The number of hydrogen-bond donors (Lipinski definition) is 0. The zero-order valence-electron chi connectivity index (χ0n) is 16.3. The molecule has 10 heteroatoms. The molecule has 30 heavy (non-hydrogen) atoms. The summed E-state index contributed by atoms with van der Waals surface area (Å²) < 4.78 is 49.0. The third kappa shape index (κ3) is 4.53. The molecule has 1 aliphatic carbocycles. The van der Waals surface area contributed by atoms with Crippen LogP contribution in [0.2, 0.25) is 0 Å². The van der Waals surface area contributed by atoms with E-state index in [9.17, 15) is 13.2 Å². The number of aromatic nitrogens is 5. The molecule has 3 aromatic rings. The van der Waals surface area contributed by atoms with E-state index in [-0.39, 0.29) is 12.4 Å². The Balaban J connectivity index is 1.38. The molecule has 0 saturated heterocycles. The molecule has 1 aliphatic rings. The molecular weight excluding hydrogens is 463 g/mol. The first-order valence-electron chi connectivity index (χ1n) is 9.69. The maximum absolute atomic E-state index is 12.9. The number of hydrogen-bond acceptors (Lipinski definition) is 4. The molecular formula is C20H21BrF3N5O. The fraction of sp³-hybridized carbons (Fsp3) is 0.450. The van der Waals surface area contributed by atoms with Crippen molar-refractivity contribution in [3.8, 4) is 5.75 Å². The van der Waals surface area contributed by atoms with Crippen LogP contribution in [0.1, 0.15) is 54.9 Å². The maximum Gasteiger partial charge on any atom is 0.416 e. The van der Waals surface area contributed by atoms with Gasteiger partial charge in [-0.05, 0) is 59.8 Å². The van der Waals surface area contributed by atoms with Gasteiger partial charge in [0, 0.05) is 19.2 Å². The van der Waals surface area contributed by atoms with Gasteiger partial charge in [-0.25, -0.2) is 0 Å². The Morgan fingerprint density at radius 3 is 2.60 bits per heavy atom. The molecule has 2 aromatic heterocycles. The van der Waals surface area contributed by atoms with Crippen molar-refractivity contribution in [2.75, 3.05) is 0 Å². The van der Waals surface area contributed by atoms with Gasteiger partial charge in [0.2, 0.25) is 0 Å². The van der Waals surface area contributed by atoms with Gasteiger partial charge in [-0.3, -0.25) is 4.68 Å². The Hall–Kier alpha value is -2.36. The standard InChI is InChI=1S/C20H21BrF3N5O/c1-28-18(12-30-17-4-2-3-14(9-17)20(22,23)24)26-27-19(28)13-5-7-16(8-6-13)29-11-15(21)10-25-29/h2-4,9-11,13,16H,5-8,12H2,1H3. The lowest BCUT2D eigenvalue weighted by atomic mass is 9.85. The second kappa shape index (κ2) is 8.41. The number of ether oxygens (including phenoxy) is 1. The predicted octanol–water partition coefficient (Wildman–Crippen LogP) is 5.27. The van der Waals surface area contributed by atoms with Crippen LogP contribution in [0.25, 0.3) is 0 Å². The van der Waals surface area contributed by atoms with E-state index in [1.807, 2.05) is 22.5 Å². The van der Waals surface area contributed by atoms with Gasteiger partial charge in [0.15, 0.2) is 5.82 Å². The lowest BCUT2D eigenvalue weighted by Crippen LogP contribution is -2.19. The summed E-state index contributed by atoms with van der Waals surface area (Å²) in [6.07, 6.45) is 3.35. The van der Waals surface area contributed by atoms with Crippen LogP contribution in [0.15, 0.2) is 41.1 Å². The molecule has 4 rings (SSSR count). The molecule has 1 fully saturated rings. The molecule has 0 atom stereocenters. The van der Waals surface area contributed by atoms with E-state index in [2.05, 4.69) is 31.2 Å². The molecule has 1 aromatic carbocycles. The van der Waals surface area contributed by atoms with E-state index >= 15 is 0 Å². The molecule has 160 valence electrons. The van der Waals surface area contributed by atoms with Gasteiger partial charge < -0.3 is 9.30 Å². The average Bonchev–Trinajstić information content (AvgIpc) is 3.32. The highest BCUT2D eigenvalue weighted by atomic mass is 79.9. The Bertz CT molecular complexity index is 1010. The minimum absolute atomic E-state index is 0.0570. The summed E-state index contributed by atoms with van der Waals surface area (Å²) in [6.45, 7) is 0.0570. The van der Waals surface area contributed by atoms with Gasteiger partial charge in [-0.15, -0.1) is 10.2 Å². The molecule has 0 aliphatic heterocycles. The van der Waals surface area contributed by atoms with Crippen LogP contribution < -0.4 is 4.74 Å². The number of rotatable bonds is 5. The number of benzene rings is 1. The van der Waals surface area contributed by atoms with E-state index in [0.29, 0.717) is 17.8 Å². The number of nitrogens with zero attached hydrogens (tertiary/aromatic N) is 5. The van der Waals surface area contributed by atoms with Crippen LogP contribution >= 0.6 is 15.9 Å². The second-order valence-electron chi connectivity index (χ2n) is 7.49. The van der Waals surface area contributed by atoms with Crippen LogP contribution in [0.4, 0.5) is 13.2 Å². The zero-order chi connectivity index (χ0) is 21.3. The van der Waals surface area contributed by atoms with Crippen molar-refractivity contribution in [2.45, 2.75) is 50.4 Å². The quantitative estimate of drug-likeness (QED) is 0.495. The lowest BCUT2D eigenvalue weighted by molar-refractivity contribution is -0.137. The fourth-order valence-corrected chi connectivity index (χ4v) is 4.18. The highest BCUT2D eigenvalue weighted by Gasteiger charge is 2.31. The molecule has 1 saturated carbocycles. The second-order valence-corrected chi connectivity index (χ2v) is 8.41. The van der Waals surface area contributed by atoms with Gasteiger partial charge in [-0.1, -0.05) is 6.07 Å². The average molecular weight is 484 g/mol. The van der Waals surface area contributed by atoms with Crippen molar-refractivity contribution in [1.82, 2.24) is 24.5 Å². The summed E-state index contributed by atoms with van der Waals surface area (Å²) in [7, 11) is 1.87. The molecule has 2 heterocycles. The maximum atomic E-state index is 12.9. The van der Waals surface area contributed by atoms with Crippen LogP contribution in [0, 0.1) is 0 Å². The van der Waals surface area contributed by atoms with Gasteiger partial charge in [0.1, 0.15) is 18.2 Å². The van der Waals surface area contributed by atoms with Crippen molar-refractivity contribution >= 4 is 15.9 Å². The Labute approximate surface area is 180 Å². The monoisotopic (exact) mass is 483 g/mol. The summed E-state index contributed by atoms with van der Waals surface area (Å²) in [5.41, 5.74) is -0.736. The minimum Gasteiger partial charge on any atom is -0.486 e. The van der Waals surface area contributed by atoms with Gasteiger partial charge >= 0.3 is 6.18 Å². The third-order valence-corrected chi connectivity index (χ3v) is 5.94. The van der Waals surface area contributed by atoms with Crippen LogP contribution in [0.3, 0.4) is 0 Å². The minimum atomic E-state index is -4.40. The Morgan fingerprint density at radius 2 is 1.93 bits per heavy atom. The van der Waals surface area contributed by atoms with Gasteiger partial charge in [0.05, 0.1) is 22.3 Å². The normalized spacial score (nSPS) is 19.8. The Kier molecular flexibility index (Phi) is 5.86. The molecule has 0 N–H and O–H groups in total. The van der Waals surface area contributed by atoms with Crippen LogP contribution in [-0.4, -0.2) is 24.5 Å². The van der Waals surface area contributed by atoms with Crippen molar-refractivity contribution < 1.29 is 17.9 Å². The van der Waals surface area contributed by atoms with Crippen LogP contribution in [0.5, 0.6) is 5.75 Å². The predicted molar refractivity (Wildman–Crippen MR) is 107 cm³/mol. The summed E-state index contributed by atoms with van der Waals surface area (Å²) in [4.78, 5) is 0. The lowest BCUT2D eigenvalue weighted by Gasteiger charge is -2.28. The summed E-state index contributed by atoms with van der Waals surface area (Å²) >= 11 is 3.43. The zero-order valence-corrected chi connectivity index (χ0v) is 17.9. The van der Waals surface area contributed by atoms with Crippen LogP contribution in [-0.2, 0) is 19.8 Å². The van der Waals surface area contributed by atoms with Crippen molar-refractivity contribution in [1.29, 1.82) is 0 Å². The van der Waals surface area contributed by atoms with E-state index in [4.69, 9.17) is 4.74 Å². The molecule has 0 bridgehead atoms. The summed E-state index contributed by atoms with van der Waals surface area (Å²) in [6, 6.07) is 5.22. The summed E-state index contributed by atoms with van der Waals surface area (Å²) in [5, 5.41) is 12.9. The molecule has 0 unspecified atom stereocenters. The molecule has 6 nitrogen and oxygen atoms in total. The largest absolute Gasteiger partial charge is 0.486 e. The van der Waals surface area contributed by atoms with E-state index < -0.39 is 11.7 Å². The highest BCUT2D eigenvalue weighted by molar-refractivity contribution is 9.10. The third-order valence-electron chi connectivity index (χ3n) is 5.53. The molecule has 0 amide bonds. The first-order chi connectivity index (χ1) is 14.3. The SMILES string of the molecule is Cn1c(COc2cccc(C(F)(F)F)c2)nnc1C1CCC(n2cc(Br)cn2)CC1. The van der Waals surface area contributed by atoms with Crippen molar-refractivity contribution in [2.24, 2.45) is 7.05 Å². The van der Waals surface area contributed by atoms with Gasteiger partial charge in [-0.2, -0.15) is 18.3 Å². The highest BCUT2D eigenvalue weighted by Crippen LogP contribution is 2.37. The van der Waals surface area contributed by atoms with E-state index in [1.165, 1.54) is 12.1 Å². The molecule has 0 radical (unpaired) electrons. The fourth-order valence-electron chi connectivity index (χ4n) is 3.88. The smallest absolute Gasteiger partial charge is 0.416 e. The van der Waals surface area contributed by atoms with Crippen molar-refractivity contribution in [3.63, 3.8) is 0 Å². The first kappa shape index (κ1) is 20.9. The Morgan fingerprint density at radius 1 is 1.17 bits per heavy atom. The topological polar surface area (TPSA) is 57.8 Å². The number of halogens is 4. The van der Waals surface area contributed by atoms with E-state index in [1.54, 1.807) is 6.20 Å². The van der Waals surface area contributed by atoms with Crippen molar-refractivity contribution in [3.05, 3.63) is 58.3 Å². The van der Waals surface area contributed by atoms with E-state index in [0.717, 1.165) is 48.1 Å². The van der Waals surface area contributed by atoms with Gasteiger partial charge in [0.25, 0.3) is 0 Å².